The third kappa shape index (κ3) is 3.67. The fourth-order valence-electron chi connectivity index (χ4n) is 4.27. The number of carboxylic acid groups (broad SMARTS) is 1. The molecule has 2 heterocycles. The molecule has 3 aliphatic rings. The Labute approximate surface area is 142 Å². The molecule has 1 aliphatic carbocycles. The Morgan fingerprint density at radius 2 is 2.08 bits per heavy atom. The van der Waals surface area contributed by atoms with Gasteiger partial charge in [-0.2, -0.15) is 0 Å². The molecule has 0 spiro atoms. The minimum absolute atomic E-state index is 0.109. The molecular formula is C17H28N2O5. The fraction of sp³-hybridized carbons (Fsp3) is 0.882. The van der Waals surface area contributed by atoms with Crippen LogP contribution in [0.15, 0.2) is 0 Å². The second kappa shape index (κ2) is 7.70. The van der Waals surface area contributed by atoms with Gasteiger partial charge in [-0.1, -0.05) is 6.42 Å². The third-order valence-corrected chi connectivity index (χ3v) is 5.70. The Hall–Kier alpha value is -1.34. The summed E-state index contributed by atoms with van der Waals surface area (Å²) in [5, 5.41) is 12.5. The molecule has 2 amide bonds. The minimum atomic E-state index is -0.745. The summed E-state index contributed by atoms with van der Waals surface area (Å²) in [7, 11) is 0. The zero-order chi connectivity index (χ0) is 17.0. The molecule has 7 nitrogen and oxygen atoms in total. The molecule has 1 saturated carbocycles. The first-order valence-corrected chi connectivity index (χ1v) is 9.07. The van der Waals surface area contributed by atoms with Crippen molar-refractivity contribution in [3.8, 4) is 0 Å². The number of nitrogens with zero attached hydrogens (tertiary/aromatic N) is 1. The molecule has 136 valence electrons. The summed E-state index contributed by atoms with van der Waals surface area (Å²) in [5.41, 5.74) is -0.705. The van der Waals surface area contributed by atoms with Crippen LogP contribution in [-0.4, -0.2) is 67.6 Å². The highest BCUT2D eigenvalue weighted by molar-refractivity contribution is 5.80. The number of hydrogen-bond donors (Lipinski definition) is 2. The standard InChI is InChI=1S/C17H28N2O5/c20-15(21)17-6-1-3-13(17)11-19(12-17)16(22)18-7-2-8-24-14-4-9-23-10-5-14/h13-14H,1-12H2,(H,18,22)(H,20,21)/t13-,17+/m0/s1. The zero-order valence-corrected chi connectivity index (χ0v) is 14.2. The van der Waals surface area contributed by atoms with Gasteiger partial charge in [0.15, 0.2) is 0 Å². The number of ether oxygens (including phenoxy) is 2. The van der Waals surface area contributed by atoms with Crippen LogP contribution in [0.5, 0.6) is 0 Å². The molecule has 2 aliphatic heterocycles. The van der Waals surface area contributed by atoms with E-state index in [-0.39, 0.29) is 18.1 Å². The smallest absolute Gasteiger partial charge is 0.317 e. The van der Waals surface area contributed by atoms with Gasteiger partial charge in [-0.25, -0.2) is 4.79 Å². The van der Waals surface area contributed by atoms with Crippen molar-refractivity contribution in [2.24, 2.45) is 11.3 Å². The number of amides is 2. The molecule has 2 N–H and O–H groups in total. The molecule has 3 rings (SSSR count). The lowest BCUT2D eigenvalue weighted by atomic mass is 9.81. The predicted molar refractivity (Wildman–Crippen MR) is 86.8 cm³/mol. The maximum atomic E-state index is 12.3. The number of urea groups is 1. The average molecular weight is 340 g/mol. The number of likely N-dealkylation sites (tertiary alicyclic amines) is 1. The number of nitrogens with one attached hydrogen (secondary N) is 1. The molecule has 0 bridgehead atoms. The highest BCUT2D eigenvalue weighted by atomic mass is 16.5. The van der Waals surface area contributed by atoms with Gasteiger partial charge in [0.2, 0.25) is 0 Å². The number of aliphatic carboxylic acids is 1. The van der Waals surface area contributed by atoms with Gasteiger partial charge in [0.25, 0.3) is 0 Å². The van der Waals surface area contributed by atoms with Crippen LogP contribution in [0.4, 0.5) is 4.79 Å². The summed E-state index contributed by atoms with van der Waals surface area (Å²) in [6.07, 6.45) is 5.49. The van der Waals surface area contributed by atoms with Crippen LogP contribution in [0.2, 0.25) is 0 Å². The van der Waals surface area contributed by atoms with Gasteiger partial charge in [-0.05, 0) is 38.0 Å². The van der Waals surface area contributed by atoms with Gasteiger partial charge in [-0.15, -0.1) is 0 Å². The van der Waals surface area contributed by atoms with Crippen LogP contribution >= 0.6 is 0 Å². The molecular weight excluding hydrogens is 312 g/mol. The van der Waals surface area contributed by atoms with Crippen LogP contribution < -0.4 is 5.32 Å². The van der Waals surface area contributed by atoms with E-state index in [9.17, 15) is 14.7 Å². The fourth-order valence-corrected chi connectivity index (χ4v) is 4.27. The highest BCUT2D eigenvalue weighted by Gasteiger charge is 2.55. The maximum Gasteiger partial charge on any atom is 0.317 e. The quantitative estimate of drug-likeness (QED) is 0.715. The Kier molecular flexibility index (Phi) is 5.61. The van der Waals surface area contributed by atoms with E-state index in [0.717, 1.165) is 45.3 Å². The Morgan fingerprint density at radius 1 is 1.29 bits per heavy atom. The van der Waals surface area contributed by atoms with Crippen molar-refractivity contribution >= 4 is 12.0 Å². The third-order valence-electron chi connectivity index (χ3n) is 5.70. The Bertz CT molecular complexity index is 466. The SMILES string of the molecule is O=C(NCCCOC1CCOCC1)N1C[C@@H]2CCC[C@@]2(C(=O)O)C1. The molecule has 7 heteroatoms. The van der Waals surface area contributed by atoms with Gasteiger partial charge in [0.1, 0.15) is 0 Å². The maximum absolute atomic E-state index is 12.3. The van der Waals surface area contributed by atoms with E-state index in [4.69, 9.17) is 9.47 Å². The van der Waals surface area contributed by atoms with E-state index >= 15 is 0 Å². The number of hydrogen-bond acceptors (Lipinski definition) is 4. The molecule has 2 saturated heterocycles. The zero-order valence-electron chi connectivity index (χ0n) is 14.2. The van der Waals surface area contributed by atoms with Crippen LogP contribution in [0, 0.1) is 11.3 Å². The first-order valence-electron chi connectivity index (χ1n) is 9.07. The van der Waals surface area contributed by atoms with Crippen molar-refractivity contribution in [3.63, 3.8) is 0 Å². The normalized spacial score (nSPS) is 30.3. The molecule has 0 aromatic carbocycles. The largest absolute Gasteiger partial charge is 0.481 e. The predicted octanol–water partition coefficient (Wildman–Crippen LogP) is 1.47. The second-order valence-electron chi connectivity index (χ2n) is 7.20. The summed E-state index contributed by atoms with van der Waals surface area (Å²) in [6.45, 7) is 3.63. The summed E-state index contributed by atoms with van der Waals surface area (Å²) in [5.74, 6) is -0.636. The molecule has 0 unspecified atom stereocenters. The van der Waals surface area contributed by atoms with Gasteiger partial charge < -0.3 is 24.8 Å². The monoisotopic (exact) mass is 340 g/mol. The van der Waals surface area contributed by atoms with Gasteiger partial charge in [-0.3, -0.25) is 4.79 Å². The van der Waals surface area contributed by atoms with Crippen LogP contribution in [0.25, 0.3) is 0 Å². The van der Waals surface area contributed by atoms with E-state index in [0.29, 0.717) is 32.7 Å². The van der Waals surface area contributed by atoms with Crippen LogP contribution in [0.3, 0.4) is 0 Å². The number of carbonyl (C=O) groups excluding carboxylic acids is 1. The first-order chi connectivity index (χ1) is 11.6. The summed E-state index contributed by atoms with van der Waals surface area (Å²) >= 11 is 0. The van der Waals surface area contributed by atoms with Crippen molar-refractivity contribution in [1.82, 2.24) is 10.2 Å². The topological polar surface area (TPSA) is 88.1 Å². The van der Waals surface area contributed by atoms with Crippen molar-refractivity contribution < 1.29 is 24.2 Å². The van der Waals surface area contributed by atoms with E-state index in [1.54, 1.807) is 4.90 Å². The van der Waals surface area contributed by atoms with Crippen molar-refractivity contribution in [2.45, 2.75) is 44.6 Å². The van der Waals surface area contributed by atoms with Gasteiger partial charge >= 0.3 is 12.0 Å². The molecule has 0 radical (unpaired) electrons. The van der Waals surface area contributed by atoms with Crippen molar-refractivity contribution in [1.29, 1.82) is 0 Å². The highest BCUT2D eigenvalue weighted by Crippen LogP contribution is 2.48. The lowest BCUT2D eigenvalue weighted by molar-refractivity contribution is -0.149. The molecule has 24 heavy (non-hydrogen) atoms. The molecule has 2 atom stereocenters. The van der Waals surface area contributed by atoms with E-state index in [1.807, 2.05) is 0 Å². The lowest BCUT2D eigenvalue weighted by Gasteiger charge is -2.23. The number of fused-ring (bicyclic) bond motifs is 1. The minimum Gasteiger partial charge on any atom is -0.481 e. The molecule has 0 aromatic rings. The lowest BCUT2D eigenvalue weighted by Crippen LogP contribution is -2.42. The summed E-state index contributed by atoms with van der Waals surface area (Å²) in [6, 6.07) is -0.143. The summed E-state index contributed by atoms with van der Waals surface area (Å²) < 4.78 is 11.1. The van der Waals surface area contributed by atoms with Crippen LogP contribution in [-0.2, 0) is 14.3 Å². The number of carbonyl (C=O) groups is 2. The Morgan fingerprint density at radius 3 is 2.79 bits per heavy atom. The molecule has 3 fully saturated rings. The van der Waals surface area contributed by atoms with E-state index in [1.165, 1.54) is 0 Å². The number of carboxylic acids is 1. The second-order valence-corrected chi connectivity index (χ2v) is 7.20. The van der Waals surface area contributed by atoms with E-state index in [2.05, 4.69) is 5.32 Å². The van der Waals surface area contributed by atoms with Crippen molar-refractivity contribution in [2.75, 3.05) is 39.5 Å². The number of rotatable bonds is 6. The van der Waals surface area contributed by atoms with Gasteiger partial charge in [0.05, 0.1) is 11.5 Å². The summed E-state index contributed by atoms with van der Waals surface area (Å²) in [4.78, 5) is 25.6. The molecule has 0 aromatic heterocycles. The van der Waals surface area contributed by atoms with Gasteiger partial charge in [0, 0.05) is 39.5 Å². The van der Waals surface area contributed by atoms with Crippen molar-refractivity contribution in [3.05, 3.63) is 0 Å². The first kappa shape index (κ1) is 17.5. The van der Waals surface area contributed by atoms with Crippen LogP contribution in [0.1, 0.15) is 38.5 Å². The Balaban J connectivity index is 1.35. The average Bonchev–Trinajstić information content (AvgIpc) is 3.13. The van der Waals surface area contributed by atoms with E-state index < -0.39 is 11.4 Å².